The van der Waals surface area contributed by atoms with E-state index in [1.807, 2.05) is 37.3 Å². The molecule has 34 heavy (non-hydrogen) atoms. The van der Waals surface area contributed by atoms with Crippen molar-refractivity contribution in [3.05, 3.63) is 66.1 Å². The van der Waals surface area contributed by atoms with Crippen LogP contribution < -0.4 is 21.3 Å². The van der Waals surface area contributed by atoms with Gasteiger partial charge < -0.3 is 26.2 Å². The molecule has 2 heterocycles. The lowest BCUT2D eigenvalue weighted by Crippen LogP contribution is -2.47. The third-order valence-corrected chi connectivity index (χ3v) is 5.85. The van der Waals surface area contributed by atoms with E-state index in [-0.39, 0.29) is 17.8 Å². The van der Waals surface area contributed by atoms with Gasteiger partial charge in [0.25, 0.3) is 0 Å². The zero-order valence-corrected chi connectivity index (χ0v) is 19.1. The van der Waals surface area contributed by atoms with Crippen molar-refractivity contribution in [1.29, 1.82) is 0 Å². The summed E-state index contributed by atoms with van der Waals surface area (Å²) in [6.07, 6.45) is 1.58. The number of rotatable bonds is 6. The first-order valence-corrected chi connectivity index (χ1v) is 11.4. The molecule has 1 aliphatic rings. The highest BCUT2D eigenvalue weighted by Gasteiger charge is 2.21. The smallest absolute Gasteiger partial charge is 0.319 e. The molecule has 1 saturated heterocycles. The molecule has 0 aliphatic carbocycles. The molecule has 0 saturated carbocycles. The number of hydrogen-bond donors (Lipinski definition) is 4. The van der Waals surface area contributed by atoms with E-state index >= 15 is 0 Å². The summed E-state index contributed by atoms with van der Waals surface area (Å²) in [4.78, 5) is 31.3. The lowest BCUT2D eigenvalue weighted by molar-refractivity contribution is 0.196. The molecule has 4 amide bonds. The number of aromatic nitrogens is 1. The molecule has 9 heteroatoms. The molecule has 4 N–H and O–H groups in total. The van der Waals surface area contributed by atoms with Crippen molar-refractivity contribution in [1.82, 2.24) is 20.5 Å². The Kier molecular flexibility index (Phi) is 7.54. The van der Waals surface area contributed by atoms with Gasteiger partial charge in [0.2, 0.25) is 0 Å². The van der Waals surface area contributed by atoms with Gasteiger partial charge in [0, 0.05) is 43.3 Å². The van der Waals surface area contributed by atoms with Gasteiger partial charge in [-0.2, -0.15) is 0 Å². The third kappa shape index (κ3) is 6.20. The topological polar surface area (TPSA) is 98.4 Å². The fourth-order valence-electron chi connectivity index (χ4n) is 4.11. The number of urea groups is 2. The monoisotopic (exact) mass is 464 g/mol. The Morgan fingerprint density at radius 3 is 2.50 bits per heavy atom. The molecular weight excluding hydrogens is 435 g/mol. The van der Waals surface area contributed by atoms with Gasteiger partial charge in [-0.15, -0.1) is 0 Å². The standard InChI is InChI=1S/C25H29FN6O2/c1-17-16-23(19-6-2-4-8-21(19)28-17)31-24(33)27-12-15-32-13-10-18(11-14-32)29-25(34)30-22-9-5-3-7-20(22)26/h2-9,16,18H,10-15H2,1H3,(H2,29,30,34)(H2,27,28,31,33). The van der Waals surface area contributed by atoms with Crippen LogP contribution in [0, 0.1) is 12.7 Å². The second kappa shape index (κ2) is 10.9. The van der Waals surface area contributed by atoms with Crippen LogP contribution >= 0.6 is 0 Å². The van der Waals surface area contributed by atoms with Crippen LogP contribution in [0.2, 0.25) is 0 Å². The summed E-state index contributed by atoms with van der Waals surface area (Å²) in [6.45, 7) is 4.75. The first-order chi connectivity index (χ1) is 16.5. The highest BCUT2D eigenvalue weighted by Crippen LogP contribution is 2.22. The number of carbonyl (C=O) groups excluding carboxylic acids is 2. The highest BCUT2D eigenvalue weighted by atomic mass is 19.1. The van der Waals surface area contributed by atoms with Crippen LogP contribution in [0.4, 0.5) is 25.4 Å². The second-order valence-corrected chi connectivity index (χ2v) is 8.40. The van der Waals surface area contributed by atoms with Crippen LogP contribution in [-0.2, 0) is 0 Å². The number of anilines is 2. The van der Waals surface area contributed by atoms with Crippen LogP contribution in [0.5, 0.6) is 0 Å². The number of amides is 4. The van der Waals surface area contributed by atoms with Gasteiger partial charge >= 0.3 is 12.1 Å². The summed E-state index contributed by atoms with van der Waals surface area (Å²) in [5.41, 5.74) is 2.59. The molecule has 1 aliphatic heterocycles. The number of nitrogens with one attached hydrogen (secondary N) is 4. The van der Waals surface area contributed by atoms with Gasteiger partial charge in [0.15, 0.2) is 0 Å². The van der Waals surface area contributed by atoms with E-state index in [1.54, 1.807) is 12.1 Å². The van der Waals surface area contributed by atoms with E-state index in [1.165, 1.54) is 12.1 Å². The number of aryl methyl sites for hydroxylation is 1. The Labute approximate surface area is 197 Å². The highest BCUT2D eigenvalue weighted by molar-refractivity contribution is 6.00. The first-order valence-electron chi connectivity index (χ1n) is 11.4. The molecule has 0 unspecified atom stereocenters. The van der Waals surface area contributed by atoms with E-state index in [4.69, 9.17) is 0 Å². The predicted octanol–water partition coefficient (Wildman–Crippen LogP) is 4.09. The molecule has 0 spiro atoms. The molecule has 178 valence electrons. The van der Waals surface area contributed by atoms with Crippen molar-refractivity contribution in [3.8, 4) is 0 Å². The van der Waals surface area contributed by atoms with Gasteiger partial charge in [-0.3, -0.25) is 4.98 Å². The number of benzene rings is 2. The molecule has 0 radical (unpaired) electrons. The average Bonchev–Trinajstić information content (AvgIpc) is 2.81. The summed E-state index contributed by atoms with van der Waals surface area (Å²) < 4.78 is 13.7. The minimum absolute atomic E-state index is 0.0301. The van der Waals surface area contributed by atoms with E-state index < -0.39 is 11.8 Å². The van der Waals surface area contributed by atoms with Gasteiger partial charge in [-0.1, -0.05) is 30.3 Å². The van der Waals surface area contributed by atoms with Gasteiger partial charge in [-0.25, -0.2) is 14.0 Å². The van der Waals surface area contributed by atoms with Crippen LogP contribution in [0.1, 0.15) is 18.5 Å². The maximum atomic E-state index is 13.7. The van der Waals surface area contributed by atoms with Crippen LogP contribution in [0.25, 0.3) is 10.9 Å². The molecule has 4 rings (SSSR count). The molecule has 8 nitrogen and oxygen atoms in total. The largest absolute Gasteiger partial charge is 0.337 e. The van der Waals surface area contributed by atoms with E-state index in [9.17, 15) is 14.0 Å². The maximum Gasteiger partial charge on any atom is 0.319 e. The van der Waals surface area contributed by atoms with E-state index in [0.29, 0.717) is 6.54 Å². The van der Waals surface area contributed by atoms with Crippen LogP contribution in [0.3, 0.4) is 0 Å². The number of piperidine rings is 1. The van der Waals surface area contributed by atoms with E-state index in [2.05, 4.69) is 31.2 Å². The maximum absolute atomic E-state index is 13.7. The minimum atomic E-state index is -0.462. The van der Waals surface area contributed by atoms with Crippen LogP contribution in [0.15, 0.2) is 54.6 Å². The Morgan fingerprint density at radius 2 is 1.71 bits per heavy atom. The van der Waals surface area contributed by atoms with Gasteiger partial charge in [-0.05, 0) is 44.0 Å². The van der Waals surface area contributed by atoms with Crippen molar-refractivity contribution in [2.24, 2.45) is 0 Å². The summed E-state index contributed by atoms with van der Waals surface area (Å²) in [6, 6.07) is 15.0. The molecule has 3 aromatic rings. The number of hydrogen-bond acceptors (Lipinski definition) is 4. The SMILES string of the molecule is Cc1cc(NC(=O)NCCN2CCC(NC(=O)Nc3ccccc3F)CC2)c2ccccc2n1. The Balaban J connectivity index is 1.17. The Hall–Kier alpha value is -3.72. The fourth-order valence-corrected chi connectivity index (χ4v) is 4.11. The summed E-state index contributed by atoms with van der Waals surface area (Å²) in [5, 5.41) is 12.2. The van der Waals surface area contributed by atoms with Crippen molar-refractivity contribution in [2.75, 3.05) is 36.8 Å². The average molecular weight is 465 g/mol. The van der Waals surface area contributed by atoms with Crippen molar-refractivity contribution in [2.45, 2.75) is 25.8 Å². The normalized spacial score (nSPS) is 14.5. The lowest BCUT2D eigenvalue weighted by Gasteiger charge is -2.32. The zero-order valence-electron chi connectivity index (χ0n) is 19.1. The number of pyridine rings is 1. The van der Waals surface area contributed by atoms with Gasteiger partial charge in [0.05, 0.1) is 16.9 Å². The Morgan fingerprint density at radius 1 is 1.00 bits per heavy atom. The van der Waals surface area contributed by atoms with Gasteiger partial charge in [0.1, 0.15) is 5.82 Å². The van der Waals surface area contributed by atoms with E-state index in [0.717, 1.165) is 54.8 Å². The summed E-state index contributed by atoms with van der Waals surface area (Å²) in [5.74, 6) is -0.462. The number of halogens is 1. The number of likely N-dealkylation sites (tertiary alicyclic amines) is 1. The number of nitrogens with zero attached hydrogens (tertiary/aromatic N) is 2. The molecule has 1 fully saturated rings. The molecule has 0 atom stereocenters. The quantitative estimate of drug-likeness (QED) is 0.442. The molecule has 0 bridgehead atoms. The van der Waals surface area contributed by atoms with Crippen molar-refractivity contribution in [3.63, 3.8) is 0 Å². The summed E-state index contributed by atoms with van der Waals surface area (Å²) in [7, 11) is 0. The summed E-state index contributed by atoms with van der Waals surface area (Å²) >= 11 is 0. The fraction of sp³-hybridized carbons (Fsp3) is 0.320. The number of para-hydroxylation sites is 2. The Bertz CT molecular complexity index is 1160. The predicted molar refractivity (Wildman–Crippen MR) is 132 cm³/mol. The third-order valence-electron chi connectivity index (χ3n) is 5.85. The minimum Gasteiger partial charge on any atom is -0.337 e. The second-order valence-electron chi connectivity index (χ2n) is 8.40. The zero-order chi connectivity index (χ0) is 23.9. The lowest BCUT2D eigenvalue weighted by atomic mass is 10.1. The number of carbonyl (C=O) groups is 2. The molecular formula is C25H29FN6O2. The molecule has 1 aromatic heterocycles. The van der Waals surface area contributed by atoms with Crippen molar-refractivity contribution >= 4 is 34.3 Å². The molecule has 2 aromatic carbocycles. The number of fused-ring (bicyclic) bond motifs is 1. The van der Waals surface area contributed by atoms with Crippen LogP contribution in [-0.4, -0.2) is 54.2 Å². The van der Waals surface area contributed by atoms with Crippen molar-refractivity contribution < 1.29 is 14.0 Å². The first kappa shape index (κ1) is 23.4.